The molecule has 0 unspecified atom stereocenters. The van der Waals surface area contributed by atoms with Crippen molar-refractivity contribution in [3.8, 4) is 0 Å². The molecule has 6 rings (SSSR count). The largest absolute Gasteiger partial charge is 0.354 e. The quantitative estimate of drug-likeness (QED) is 0.729. The number of hydrogen-bond donors (Lipinski definition) is 1. The first-order valence-electron chi connectivity index (χ1n) is 11.9. The van der Waals surface area contributed by atoms with Gasteiger partial charge in [-0.25, -0.2) is 4.98 Å². The molecule has 0 radical (unpaired) electrons. The molecule has 1 N–H and O–H groups in total. The number of anilines is 1. The Labute approximate surface area is 187 Å². The van der Waals surface area contributed by atoms with Crippen molar-refractivity contribution in [1.82, 2.24) is 29.7 Å². The molecule has 3 saturated heterocycles. The second kappa shape index (κ2) is 7.43. The standard InChI is InChI=1S/C23H31N7O2/c1-27-11-5-23(22(27)32)6-12-28(13-7-23)21(31)16-14-29(15-16)20-17-2-8-24-9-3-18(17)26-19-4-10-25-30(19)20/h4,10,16,24H,2-3,5-9,11-15H2,1H3. The highest BCUT2D eigenvalue weighted by molar-refractivity contribution is 5.86. The Morgan fingerprint density at radius 2 is 1.88 bits per heavy atom. The van der Waals surface area contributed by atoms with E-state index < -0.39 is 0 Å². The fraction of sp³-hybridized carbons (Fsp3) is 0.652. The molecule has 3 fully saturated rings. The minimum atomic E-state index is -0.217. The van der Waals surface area contributed by atoms with Crippen LogP contribution in [0.15, 0.2) is 12.3 Å². The van der Waals surface area contributed by atoms with E-state index in [1.165, 1.54) is 5.56 Å². The maximum absolute atomic E-state index is 13.2. The predicted octanol–water partition coefficient (Wildman–Crippen LogP) is 0.325. The fourth-order valence-electron chi connectivity index (χ4n) is 6.02. The lowest BCUT2D eigenvalue weighted by atomic mass is 9.76. The summed E-state index contributed by atoms with van der Waals surface area (Å²) in [7, 11) is 1.89. The molecule has 2 aromatic rings. The summed E-state index contributed by atoms with van der Waals surface area (Å²) in [5.41, 5.74) is 3.08. The van der Waals surface area contributed by atoms with E-state index in [0.29, 0.717) is 13.1 Å². The van der Waals surface area contributed by atoms with Crippen molar-refractivity contribution in [2.24, 2.45) is 11.3 Å². The molecule has 32 heavy (non-hydrogen) atoms. The molecule has 0 bridgehead atoms. The zero-order valence-electron chi connectivity index (χ0n) is 18.7. The summed E-state index contributed by atoms with van der Waals surface area (Å²) in [5, 5.41) is 8.00. The smallest absolute Gasteiger partial charge is 0.229 e. The van der Waals surface area contributed by atoms with Crippen molar-refractivity contribution in [1.29, 1.82) is 0 Å². The number of aromatic nitrogens is 3. The van der Waals surface area contributed by atoms with Crippen LogP contribution in [0.4, 0.5) is 5.82 Å². The van der Waals surface area contributed by atoms with Gasteiger partial charge in [0.1, 0.15) is 5.82 Å². The van der Waals surface area contributed by atoms with Crippen LogP contribution in [0.5, 0.6) is 0 Å². The number of likely N-dealkylation sites (tertiary alicyclic amines) is 2. The lowest BCUT2D eigenvalue weighted by Gasteiger charge is -2.45. The summed E-state index contributed by atoms with van der Waals surface area (Å²) >= 11 is 0. The van der Waals surface area contributed by atoms with Crippen LogP contribution in [-0.4, -0.2) is 89.1 Å². The summed E-state index contributed by atoms with van der Waals surface area (Å²) in [5.74, 6) is 1.65. The minimum Gasteiger partial charge on any atom is -0.354 e. The Morgan fingerprint density at radius 3 is 2.62 bits per heavy atom. The molecular formula is C23H31N7O2. The van der Waals surface area contributed by atoms with Crippen LogP contribution in [0.3, 0.4) is 0 Å². The highest BCUT2D eigenvalue weighted by Gasteiger charge is 2.48. The number of nitrogens with one attached hydrogen (secondary N) is 1. The van der Waals surface area contributed by atoms with E-state index in [1.54, 1.807) is 6.20 Å². The number of rotatable bonds is 2. The molecule has 2 amide bonds. The van der Waals surface area contributed by atoms with Crippen LogP contribution < -0.4 is 10.2 Å². The van der Waals surface area contributed by atoms with Crippen molar-refractivity contribution >= 4 is 23.3 Å². The van der Waals surface area contributed by atoms with Crippen LogP contribution in [-0.2, 0) is 22.4 Å². The number of nitrogens with zero attached hydrogens (tertiary/aromatic N) is 6. The third-order valence-electron chi connectivity index (χ3n) is 8.07. The number of piperidine rings is 1. The van der Waals surface area contributed by atoms with Gasteiger partial charge in [-0.1, -0.05) is 0 Å². The Hall–Kier alpha value is -2.68. The first-order chi connectivity index (χ1) is 15.6. The lowest BCUT2D eigenvalue weighted by molar-refractivity contribution is -0.144. The SMILES string of the molecule is CN1CCC2(CCN(C(=O)C3CN(c4c5c(nc6ccnn46)CCNCC5)C3)CC2)C1=O. The third-order valence-corrected chi connectivity index (χ3v) is 8.07. The molecule has 2 aromatic heterocycles. The molecule has 0 atom stereocenters. The maximum Gasteiger partial charge on any atom is 0.229 e. The van der Waals surface area contributed by atoms with Crippen LogP contribution in [0, 0.1) is 11.3 Å². The average molecular weight is 438 g/mol. The van der Waals surface area contributed by atoms with Gasteiger partial charge in [-0.05, 0) is 32.2 Å². The fourth-order valence-corrected chi connectivity index (χ4v) is 6.02. The zero-order chi connectivity index (χ0) is 21.9. The summed E-state index contributed by atoms with van der Waals surface area (Å²) in [6.07, 6.45) is 6.19. The zero-order valence-corrected chi connectivity index (χ0v) is 18.7. The van der Waals surface area contributed by atoms with Crippen molar-refractivity contribution in [3.63, 3.8) is 0 Å². The van der Waals surface area contributed by atoms with E-state index in [1.807, 2.05) is 27.4 Å². The van der Waals surface area contributed by atoms with Gasteiger partial charge in [-0.3, -0.25) is 9.59 Å². The van der Waals surface area contributed by atoms with E-state index >= 15 is 0 Å². The van der Waals surface area contributed by atoms with Gasteiger partial charge in [0, 0.05) is 64.4 Å². The maximum atomic E-state index is 13.2. The molecule has 4 aliphatic rings. The topological polar surface area (TPSA) is 86.1 Å². The van der Waals surface area contributed by atoms with E-state index in [-0.39, 0.29) is 23.1 Å². The Balaban J connectivity index is 1.16. The second-order valence-corrected chi connectivity index (χ2v) is 9.90. The first kappa shape index (κ1) is 20.0. The molecule has 9 heteroatoms. The predicted molar refractivity (Wildman–Crippen MR) is 119 cm³/mol. The summed E-state index contributed by atoms with van der Waals surface area (Å²) < 4.78 is 1.94. The van der Waals surface area contributed by atoms with E-state index in [2.05, 4.69) is 15.3 Å². The van der Waals surface area contributed by atoms with E-state index in [4.69, 9.17) is 4.98 Å². The minimum absolute atomic E-state index is 0.0179. The normalized spacial score (nSPS) is 23.5. The number of hydrogen-bond acceptors (Lipinski definition) is 6. The van der Waals surface area contributed by atoms with Crippen LogP contribution in [0.1, 0.15) is 30.5 Å². The van der Waals surface area contributed by atoms with E-state index in [0.717, 1.165) is 82.0 Å². The monoisotopic (exact) mass is 437 g/mol. The van der Waals surface area contributed by atoms with Gasteiger partial charge in [-0.2, -0.15) is 9.61 Å². The third kappa shape index (κ3) is 3.01. The van der Waals surface area contributed by atoms with Crippen molar-refractivity contribution in [2.45, 2.75) is 32.1 Å². The molecule has 1 spiro atoms. The van der Waals surface area contributed by atoms with Crippen molar-refractivity contribution < 1.29 is 9.59 Å². The molecule has 4 aliphatic heterocycles. The highest BCUT2D eigenvalue weighted by atomic mass is 16.2. The van der Waals surface area contributed by atoms with Gasteiger partial charge in [0.25, 0.3) is 0 Å². The van der Waals surface area contributed by atoms with Gasteiger partial charge in [-0.15, -0.1) is 0 Å². The average Bonchev–Trinajstić information content (AvgIpc) is 3.25. The number of carbonyl (C=O) groups excluding carboxylic acids is 2. The number of carbonyl (C=O) groups is 2. The summed E-state index contributed by atoms with van der Waals surface area (Å²) in [4.78, 5) is 36.8. The molecular weight excluding hydrogens is 406 g/mol. The van der Waals surface area contributed by atoms with Gasteiger partial charge in [0.2, 0.25) is 11.8 Å². The molecule has 6 heterocycles. The van der Waals surface area contributed by atoms with Gasteiger partial charge in [0.05, 0.1) is 23.2 Å². The van der Waals surface area contributed by atoms with Gasteiger partial charge < -0.3 is 20.0 Å². The van der Waals surface area contributed by atoms with E-state index in [9.17, 15) is 9.59 Å². The Bertz CT molecular complexity index is 1070. The van der Waals surface area contributed by atoms with Crippen LogP contribution >= 0.6 is 0 Å². The number of fused-ring (bicyclic) bond motifs is 2. The summed E-state index contributed by atoms with van der Waals surface area (Å²) in [6.45, 7) is 5.58. The Morgan fingerprint density at radius 1 is 1.12 bits per heavy atom. The summed E-state index contributed by atoms with van der Waals surface area (Å²) in [6, 6.07) is 1.95. The van der Waals surface area contributed by atoms with Crippen molar-refractivity contribution in [3.05, 3.63) is 23.5 Å². The molecule has 0 saturated carbocycles. The highest BCUT2D eigenvalue weighted by Crippen LogP contribution is 2.41. The van der Waals surface area contributed by atoms with Crippen LogP contribution in [0.2, 0.25) is 0 Å². The number of amides is 2. The molecule has 0 aromatic carbocycles. The Kier molecular flexibility index (Phi) is 4.64. The molecule has 170 valence electrons. The lowest BCUT2D eigenvalue weighted by Crippen LogP contribution is -2.57. The molecule has 0 aliphatic carbocycles. The van der Waals surface area contributed by atoms with Crippen LogP contribution in [0.25, 0.3) is 5.65 Å². The van der Waals surface area contributed by atoms with Gasteiger partial charge in [0.15, 0.2) is 5.65 Å². The van der Waals surface area contributed by atoms with Crippen molar-refractivity contribution in [2.75, 3.05) is 57.8 Å². The van der Waals surface area contributed by atoms with Gasteiger partial charge >= 0.3 is 0 Å². The molecule has 9 nitrogen and oxygen atoms in total. The second-order valence-electron chi connectivity index (χ2n) is 9.90. The first-order valence-corrected chi connectivity index (χ1v) is 11.9.